The van der Waals surface area contributed by atoms with Crippen molar-refractivity contribution in [1.29, 1.82) is 0 Å². The molecule has 2 aromatic rings. The van der Waals surface area contributed by atoms with Crippen molar-refractivity contribution >= 4 is 28.9 Å². The van der Waals surface area contributed by atoms with Gasteiger partial charge in [-0.05, 0) is 24.1 Å². The number of benzene rings is 1. The van der Waals surface area contributed by atoms with Crippen LogP contribution in [0.5, 0.6) is 0 Å². The average Bonchev–Trinajstić information content (AvgIpc) is 2.97. The molecule has 0 aliphatic carbocycles. The third-order valence-electron chi connectivity index (χ3n) is 2.91. The van der Waals surface area contributed by atoms with Crippen molar-refractivity contribution in [3.05, 3.63) is 53.8 Å². The molecule has 0 aliphatic heterocycles. The molecule has 1 heterocycles. The summed E-state index contributed by atoms with van der Waals surface area (Å²) in [4.78, 5) is 21.6. The molecule has 4 nitrogen and oxygen atoms in total. The van der Waals surface area contributed by atoms with Crippen LogP contribution in [0.3, 0.4) is 0 Å². The first-order chi connectivity index (χ1) is 10.6. The SMILES string of the molecule is CC(=O)SCCC=Cc1ccc(-c2ccc(C(=O)O)o2)cc1. The van der Waals surface area contributed by atoms with E-state index in [1.807, 2.05) is 36.4 Å². The Bertz CT molecular complexity index is 683. The number of carbonyl (C=O) groups excluding carboxylic acids is 1. The van der Waals surface area contributed by atoms with Crippen molar-refractivity contribution in [2.75, 3.05) is 5.75 Å². The summed E-state index contributed by atoms with van der Waals surface area (Å²) in [7, 11) is 0. The largest absolute Gasteiger partial charge is 0.475 e. The van der Waals surface area contributed by atoms with Crippen LogP contribution in [0.4, 0.5) is 0 Å². The first-order valence-corrected chi connectivity index (χ1v) is 7.78. The topological polar surface area (TPSA) is 67.5 Å². The van der Waals surface area contributed by atoms with Crippen LogP contribution in [0.25, 0.3) is 17.4 Å². The number of carboxylic acid groups (broad SMARTS) is 1. The molecule has 0 amide bonds. The van der Waals surface area contributed by atoms with Gasteiger partial charge in [0.25, 0.3) is 0 Å². The van der Waals surface area contributed by atoms with Gasteiger partial charge in [-0.1, -0.05) is 48.2 Å². The Morgan fingerprint density at radius 1 is 1.18 bits per heavy atom. The molecule has 114 valence electrons. The quantitative estimate of drug-likeness (QED) is 0.803. The summed E-state index contributed by atoms with van der Waals surface area (Å²) in [6, 6.07) is 10.7. The number of aromatic carboxylic acids is 1. The fraction of sp³-hybridized carbons (Fsp3) is 0.176. The Kier molecular flexibility index (Phi) is 5.61. The van der Waals surface area contributed by atoms with Crippen molar-refractivity contribution in [3.8, 4) is 11.3 Å². The van der Waals surface area contributed by atoms with E-state index in [-0.39, 0.29) is 10.9 Å². The Balaban J connectivity index is 1.96. The van der Waals surface area contributed by atoms with E-state index in [2.05, 4.69) is 0 Å². The second-order valence-corrected chi connectivity index (χ2v) is 5.89. The number of thioether (sulfide) groups is 1. The van der Waals surface area contributed by atoms with E-state index in [4.69, 9.17) is 9.52 Å². The second-order valence-electron chi connectivity index (χ2n) is 4.62. The molecule has 22 heavy (non-hydrogen) atoms. The molecule has 0 atom stereocenters. The van der Waals surface area contributed by atoms with Gasteiger partial charge in [0.2, 0.25) is 5.76 Å². The first-order valence-electron chi connectivity index (χ1n) is 6.80. The number of allylic oxidation sites excluding steroid dienone is 1. The smallest absolute Gasteiger partial charge is 0.371 e. The number of carbonyl (C=O) groups is 2. The Hall–Kier alpha value is -2.27. The minimum absolute atomic E-state index is 0.0676. The number of furan rings is 1. The fourth-order valence-corrected chi connectivity index (χ4v) is 2.40. The van der Waals surface area contributed by atoms with Gasteiger partial charge in [0.05, 0.1) is 0 Å². The van der Waals surface area contributed by atoms with Crippen molar-refractivity contribution < 1.29 is 19.1 Å². The predicted molar refractivity (Wildman–Crippen MR) is 87.9 cm³/mol. The molecular formula is C17H16O4S. The Morgan fingerprint density at radius 2 is 1.91 bits per heavy atom. The zero-order valence-corrected chi connectivity index (χ0v) is 12.9. The predicted octanol–water partition coefficient (Wildman–Crippen LogP) is 4.33. The van der Waals surface area contributed by atoms with Crippen molar-refractivity contribution in [1.82, 2.24) is 0 Å². The lowest BCUT2D eigenvalue weighted by Gasteiger charge is -1.98. The average molecular weight is 316 g/mol. The summed E-state index contributed by atoms with van der Waals surface area (Å²) in [5.41, 5.74) is 1.87. The molecular weight excluding hydrogens is 300 g/mol. The van der Waals surface area contributed by atoms with Crippen LogP contribution in [0, 0.1) is 0 Å². The third kappa shape index (κ3) is 4.63. The van der Waals surface area contributed by atoms with Crippen LogP contribution in [0.15, 0.2) is 46.9 Å². The highest BCUT2D eigenvalue weighted by Gasteiger charge is 2.09. The normalized spacial score (nSPS) is 11.0. The number of hydrogen-bond acceptors (Lipinski definition) is 4. The molecule has 0 radical (unpaired) electrons. The summed E-state index contributed by atoms with van der Waals surface area (Å²) >= 11 is 1.32. The molecule has 1 aromatic carbocycles. The Labute approximate surface area is 132 Å². The van der Waals surface area contributed by atoms with Crippen molar-refractivity contribution in [2.24, 2.45) is 0 Å². The summed E-state index contributed by atoms with van der Waals surface area (Å²) in [5, 5.41) is 8.97. The van der Waals surface area contributed by atoms with E-state index in [1.165, 1.54) is 17.8 Å². The lowest BCUT2D eigenvalue weighted by atomic mass is 10.1. The summed E-state index contributed by atoms with van der Waals surface area (Å²) in [5.74, 6) is 0.177. The monoisotopic (exact) mass is 316 g/mol. The zero-order chi connectivity index (χ0) is 15.9. The minimum Gasteiger partial charge on any atom is -0.475 e. The molecule has 0 bridgehead atoms. The summed E-state index contributed by atoms with van der Waals surface area (Å²) < 4.78 is 5.25. The third-order valence-corrected chi connectivity index (χ3v) is 3.76. The van der Waals surface area contributed by atoms with Crippen LogP contribution in [0.1, 0.15) is 29.5 Å². The van der Waals surface area contributed by atoms with Crippen molar-refractivity contribution in [3.63, 3.8) is 0 Å². The maximum atomic E-state index is 10.8. The molecule has 2 rings (SSSR count). The first kappa shape index (κ1) is 16.1. The maximum absolute atomic E-state index is 10.8. The maximum Gasteiger partial charge on any atom is 0.371 e. The fourth-order valence-electron chi connectivity index (χ4n) is 1.86. The molecule has 5 heteroatoms. The van der Waals surface area contributed by atoms with Crippen LogP contribution < -0.4 is 0 Å². The highest BCUT2D eigenvalue weighted by atomic mass is 32.2. The highest BCUT2D eigenvalue weighted by molar-refractivity contribution is 8.13. The number of rotatable bonds is 6. The van der Waals surface area contributed by atoms with Gasteiger partial charge >= 0.3 is 5.97 Å². The lowest BCUT2D eigenvalue weighted by molar-refractivity contribution is -0.109. The molecule has 0 aliphatic rings. The number of carboxylic acids is 1. The van der Waals surface area contributed by atoms with Gasteiger partial charge in [0.15, 0.2) is 5.12 Å². The van der Waals surface area contributed by atoms with Gasteiger partial charge in [0.1, 0.15) is 5.76 Å². The van der Waals surface area contributed by atoms with Gasteiger partial charge in [-0.25, -0.2) is 4.79 Å². The van der Waals surface area contributed by atoms with E-state index >= 15 is 0 Å². The molecule has 0 saturated heterocycles. The van der Waals surface area contributed by atoms with Gasteiger partial charge in [-0.2, -0.15) is 0 Å². The summed E-state index contributed by atoms with van der Waals surface area (Å²) in [6.45, 7) is 1.57. The minimum atomic E-state index is -1.07. The second kappa shape index (κ2) is 7.66. The van der Waals surface area contributed by atoms with Gasteiger partial charge in [-0.15, -0.1) is 0 Å². The highest BCUT2D eigenvalue weighted by Crippen LogP contribution is 2.23. The molecule has 0 spiro atoms. The van der Waals surface area contributed by atoms with E-state index in [1.54, 1.807) is 13.0 Å². The molecule has 1 N–H and O–H groups in total. The lowest BCUT2D eigenvalue weighted by Crippen LogP contribution is -1.91. The Morgan fingerprint density at radius 3 is 2.50 bits per heavy atom. The van der Waals surface area contributed by atoms with E-state index in [0.717, 1.165) is 23.3 Å². The van der Waals surface area contributed by atoms with Gasteiger partial charge in [0, 0.05) is 18.2 Å². The molecule has 0 saturated carbocycles. The summed E-state index contributed by atoms with van der Waals surface area (Å²) in [6.07, 6.45) is 4.86. The van der Waals surface area contributed by atoms with E-state index in [0.29, 0.717) is 5.76 Å². The molecule has 0 fully saturated rings. The van der Waals surface area contributed by atoms with Crippen LogP contribution in [0.2, 0.25) is 0 Å². The van der Waals surface area contributed by atoms with Crippen molar-refractivity contribution in [2.45, 2.75) is 13.3 Å². The van der Waals surface area contributed by atoms with Crippen LogP contribution >= 0.6 is 11.8 Å². The van der Waals surface area contributed by atoms with Gasteiger partial charge < -0.3 is 9.52 Å². The van der Waals surface area contributed by atoms with E-state index in [9.17, 15) is 9.59 Å². The van der Waals surface area contributed by atoms with E-state index < -0.39 is 5.97 Å². The molecule has 1 aromatic heterocycles. The van der Waals surface area contributed by atoms with Gasteiger partial charge in [-0.3, -0.25) is 4.79 Å². The number of hydrogen-bond donors (Lipinski definition) is 1. The van der Waals surface area contributed by atoms with Crippen LogP contribution in [-0.2, 0) is 4.79 Å². The standard InChI is InChI=1S/C17H16O4S/c1-12(18)22-11-3-2-4-13-5-7-14(8-6-13)15-9-10-16(21-15)17(19)20/h2,4-10H,3,11H2,1H3,(H,19,20). The van der Waals surface area contributed by atoms with Crippen LogP contribution in [-0.4, -0.2) is 21.9 Å². The zero-order valence-electron chi connectivity index (χ0n) is 12.1. The molecule has 0 unspecified atom stereocenters.